The summed E-state index contributed by atoms with van der Waals surface area (Å²) < 4.78 is 20.1. The number of aliphatic hydroxyl groups is 2. The molecule has 122 valence electrons. The molecule has 0 unspecified atom stereocenters. The minimum Gasteiger partial charge on any atom is -0.388 e. The highest BCUT2D eigenvalue weighted by Gasteiger charge is 2.42. The summed E-state index contributed by atoms with van der Waals surface area (Å²) in [6, 6.07) is 0. The molecule has 2 heterocycles. The van der Waals surface area contributed by atoms with Crippen LogP contribution in [0.4, 0.5) is 10.2 Å². The van der Waals surface area contributed by atoms with Gasteiger partial charge in [0.05, 0.1) is 12.3 Å². The van der Waals surface area contributed by atoms with E-state index in [0.29, 0.717) is 6.54 Å². The first-order valence-corrected chi connectivity index (χ1v) is 6.78. The maximum absolute atomic E-state index is 14.0. The predicted molar refractivity (Wildman–Crippen MR) is 76.8 cm³/mol. The van der Waals surface area contributed by atoms with Crippen LogP contribution < -0.4 is 5.69 Å². The van der Waals surface area contributed by atoms with E-state index in [1.54, 1.807) is 6.92 Å². The van der Waals surface area contributed by atoms with Crippen molar-refractivity contribution in [2.75, 3.05) is 20.6 Å². The minimum absolute atomic E-state index is 0.329. The molecule has 2 rings (SSSR count). The zero-order valence-electron chi connectivity index (χ0n) is 12.5. The Kier molecular flexibility index (Phi) is 5.01. The summed E-state index contributed by atoms with van der Waals surface area (Å²) in [5.41, 5.74) is -0.816. The van der Waals surface area contributed by atoms with Crippen molar-refractivity contribution in [3.05, 3.63) is 22.5 Å². The molecule has 1 aliphatic heterocycles. The van der Waals surface area contributed by atoms with Gasteiger partial charge in [-0.2, -0.15) is 4.98 Å². The first-order valence-electron chi connectivity index (χ1n) is 6.78. The molecular weight excluding hydrogens is 295 g/mol. The molecule has 22 heavy (non-hydrogen) atoms. The van der Waals surface area contributed by atoms with Gasteiger partial charge in [-0.3, -0.25) is 4.57 Å². The van der Waals surface area contributed by atoms with Crippen molar-refractivity contribution in [3.63, 3.8) is 0 Å². The first-order chi connectivity index (χ1) is 10.3. The number of hydrogen-bond donors (Lipinski definition) is 2. The Labute approximate surface area is 126 Å². The van der Waals surface area contributed by atoms with E-state index in [-0.39, 0.29) is 5.82 Å². The Hall–Kier alpha value is -1.68. The normalized spacial score (nSPS) is 28.9. The molecule has 0 aromatic carbocycles. The SMILES string of the molecule is C[C@H]1O[C@@H](n2cc(F)c(N=CCN(C)C)nc2=O)[C@H](O)[C@@H]1O. The van der Waals surface area contributed by atoms with Gasteiger partial charge in [0.15, 0.2) is 17.9 Å². The fourth-order valence-electron chi connectivity index (χ4n) is 2.06. The van der Waals surface area contributed by atoms with Gasteiger partial charge in [0.2, 0.25) is 0 Å². The fourth-order valence-corrected chi connectivity index (χ4v) is 2.06. The van der Waals surface area contributed by atoms with E-state index in [2.05, 4.69) is 9.98 Å². The van der Waals surface area contributed by atoms with Crippen LogP contribution in [0.15, 0.2) is 16.0 Å². The highest BCUT2D eigenvalue weighted by atomic mass is 19.1. The number of rotatable bonds is 4. The molecule has 0 aliphatic carbocycles. The molecule has 1 aromatic rings. The van der Waals surface area contributed by atoms with Gasteiger partial charge in [-0.1, -0.05) is 0 Å². The number of nitrogens with zero attached hydrogens (tertiary/aromatic N) is 4. The number of aliphatic hydroxyl groups excluding tert-OH is 2. The summed E-state index contributed by atoms with van der Waals surface area (Å²) in [7, 11) is 3.64. The van der Waals surface area contributed by atoms with Crippen LogP contribution in [0.2, 0.25) is 0 Å². The van der Waals surface area contributed by atoms with Crippen LogP contribution in [-0.4, -0.2) is 69.8 Å². The monoisotopic (exact) mass is 314 g/mol. The summed E-state index contributed by atoms with van der Waals surface area (Å²) >= 11 is 0. The van der Waals surface area contributed by atoms with Crippen molar-refractivity contribution < 1.29 is 19.3 Å². The Morgan fingerprint density at radius 1 is 1.50 bits per heavy atom. The van der Waals surface area contributed by atoms with Crippen LogP contribution in [-0.2, 0) is 4.74 Å². The van der Waals surface area contributed by atoms with Gasteiger partial charge in [0, 0.05) is 12.8 Å². The van der Waals surface area contributed by atoms with Crippen LogP contribution >= 0.6 is 0 Å². The van der Waals surface area contributed by atoms with Crippen LogP contribution in [0.1, 0.15) is 13.2 Å². The van der Waals surface area contributed by atoms with Gasteiger partial charge in [-0.25, -0.2) is 14.2 Å². The van der Waals surface area contributed by atoms with Gasteiger partial charge in [0.1, 0.15) is 12.2 Å². The number of halogens is 1. The van der Waals surface area contributed by atoms with Gasteiger partial charge in [0.25, 0.3) is 0 Å². The van der Waals surface area contributed by atoms with Crippen molar-refractivity contribution in [3.8, 4) is 0 Å². The molecule has 0 saturated carbocycles. The molecule has 0 spiro atoms. The second-order valence-electron chi connectivity index (χ2n) is 5.39. The van der Waals surface area contributed by atoms with Crippen molar-refractivity contribution in [2.45, 2.75) is 31.5 Å². The highest BCUT2D eigenvalue weighted by molar-refractivity contribution is 5.63. The van der Waals surface area contributed by atoms with E-state index < -0.39 is 36.0 Å². The minimum atomic E-state index is -1.34. The summed E-state index contributed by atoms with van der Waals surface area (Å²) in [5.74, 6) is -1.15. The Bertz CT molecular complexity index is 619. The average Bonchev–Trinajstić information content (AvgIpc) is 2.69. The second-order valence-corrected chi connectivity index (χ2v) is 5.39. The molecule has 1 aliphatic rings. The molecule has 1 saturated heterocycles. The molecule has 2 N–H and O–H groups in total. The van der Waals surface area contributed by atoms with Crippen LogP contribution in [0, 0.1) is 5.82 Å². The lowest BCUT2D eigenvalue weighted by molar-refractivity contribution is -0.0355. The number of ether oxygens (including phenoxy) is 1. The lowest BCUT2D eigenvalue weighted by Crippen LogP contribution is -2.35. The molecule has 0 radical (unpaired) electrons. The van der Waals surface area contributed by atoms with E-state index in [4.69, 9.17) is 4.74 Å². The van der Waals surface area contributed by atoms with E-state index >= 15 is 0 Å². The third-order valence-corrected chi connectivity index (χ3v) is 3.30. The average molecular weight is 314 g/mol. The lowest BCUT2D eigenvalue weighted by atomic mass is 10.1. The highest BCUT2D eigenvalue weighted by Crippen LogP contribution is 2.28. The maximum Gasteiger partial charge on any atom is 0.352 e. The van der Waals surface area contributed by atoms with Crippen LogP contribution in [0.5, 0.6) is 0 Å². The van der Waals surface area contributed by atoms with Gasteiger partial charge in [-0.15, -0.1) is 0 Å². The standard InChI is InChI=1S/C13H19FN4O4/c1-7-9(19)10(20)12(22-7)18-6-8(14)11(16-13(18)21)15-4-5-17(2)3/h4,6-7,9-10,12,19-20H,5H2,1-3H3/t7-,9-,10-,12-/m1/s1. The third-order valence-electron chi connectivity index (χ3n) is 3.30. The topological polar surface area (TPSA) is 100 Å². The largest absolute Gasteiger partial charge is 0.388 e. The van der Waals surface area contributed by atoms with E-state index in [0.717, 1.165) is 10.8 Å². The molecule has 1 fully saturated rings. The summed E-state index contributed by atoms with van der Waals surface area (Å²) in [6.07, 6.45) is -2.04. The van der Waals surface area contributed by atoms with Gasteiger partial charge >= 0.3 is 5.69 Å². The Morgan fingerprint density at radius 3 is 2.73 bits per heavy atom. The van der Waals surface area contributed by atoms with Gasteiger partial charge < -0.3 is 19.8 Å². The number of aromatic nitrogens is 2. The van der Waals surface area contributed by atoms with Gasteiger partial charge in [-0.05, 0) is 21.0 Å². The maximum atomic E-state index is 14.0. The Morgan fingerprint density at radius 2 is 2.18 bits per heavy atom. The first kappa shape index (κ1) is 16.7. The lowest BCUT2D eigenvalue weighted by Gasteiger charge is -2.17. The van der Waals surface area contributed by atoms with Crippen LogP contribution in [0.25, 0.3) is 0 Å². The number of aliphatic imine (C=N–C) groups is 1. The third kappa shape index (κ3) is 3.38. The number of hydrogen-bond acceptors (Lipinski definition) is 7. The smallest absolute Gasteiger partial charge is 0.352 e. The zero-order valence-corrected chi connectivity index (χ0v) is 12.5. The Balaban J connectivity index is 2.27. The fraction of sp³-hybridized carbons (Fsp3) is 0.615. The molecule has 4 atom stereocenters. The van der Waals surface area contributed by atoms with Crippen LogP contribution in [0.3, 0.4) is 0 Å². The predicted octanol–water partition coefficient (Wildman–Crippen LogP) is -0.715. The molecule has 1 aromatic heterocycles. The molecule has 0 bridgehead atoms. The molecule has 0 amide bonds. The van der Waals surface area contributed by atoms with E-state index in [1.807, 2.05) is 19.0 Å². The quantitative estimate of drug-likeness (QED) is 0.712. The summed E-state index contributed by atoms with van der Waals surface area (Å²) in [6.45, 7) is 2.01. The van der Waals surface area contributed by atoms with E-state index in [9.17, 15) is 19.4 Å². The second kappa shape index (κ2) is 6.61. The van der Waals surface area contributed by atoms with Crippen molar-refractivity contribution >= 4 is 12.0 Å². The summed E-state index contributed by atoms with van der Waals surface area (Å²) in [5, 5.41) is 19.5. The van der Waals surface area contributed by atoms with Crippen molar-refractivity contribution in [1.29, 1.82) is 0 Å². The molecule has 8 nitrogen and oxygen atoms in total. The van der Waals surface area contributed by atoms with Crippen molar-refractivity contribution in [2.24, 2.45) is 4.99 Å². The van der Waals surface area contributed by atoms with Crippen molar-refractivity contribution in [1.82, 2.24) is 14.5 Å². The summed E-state index contributed by atoms with van der Waals surface area (Å²) in [4.78, 5) is 21.1. The molecule has 9 heteroatoms. The zero-order chi connectivity index (χ0) is 16.4. The molecular formula is C13H19FN4O4. The van der Waals surface area contributed by atoms with E-state index in [1.165, 1.54) is 6.21 Å².